The van der Waals surface area contributed by atoms with Gasteiger partial charge in [-0.1, -0.05) is 40.5 Å². The van der Waals surface area contributed by atoms with Crippen molar-refractivity contribution < 1.29 is 28.3 Å². The number of hydrogen-bond donors (Lipinski definition) is 1. The van der Waals surface area contributed by atoms with E-state index in [9.17, 15) is 9.59 Å². The SMILES string of the molecule is COC(=O)c1c(-c2c(Cl)cccc2Cl)noc1NC(=O)/C=C/c1ccc(OC)c(OC)c1. The summed E-state index contributed by atoms with van der Waals surface area (Å²) in [6, 6.07) is 9.98. The number of anilines is 1. The van der Waals surface area contributed by atoms with E-state index >= 15 is 0 Å². The van der Waals surface area contributed by atoms with E-state index in [2.05, 4.69) is 10.5 Å². The molecule has 0 unspecified atom stereocenters. The summed E-state index contributed by atoms with van der Waals surface area (Å²) in [4.78, 5) is 24.9. The molecule has 0 saturated carbocycles. The Hall–Kier alpha value is -3.49. The molecule has 2 aromatic carbocycles. The second kappa shape index (κ2) is 10.2. The molecule has 0 atom stereocenters. The highest BCUT2D eigenvalue weighted by Crippen LogP contribution is 2.38. The number of hydrogen-bond acceptors (Lipinski definition) is 7. The summed E-state index contributed by atoms with van der Waals surface area (Å²) in [7, 11) is 4.23. The van der Waals surface area contributed by atoms with Crippen LogP contribution < -0.4 is 14.8 Å². The van der Waals surface area contributed by atoms with Crippen molar-refractivity contribution in [1.29, 1.82) is 0 Å². The fourth-order valence-electron chi connectivity index (χ4n) is 2.84. The number of nitrogens with one attached hydrogen (secondary N) is 1. The Morgan fingerprint density at radius 2 is 1.72 bits per heavy atom. The van der Waals surface area contributed by atoms with Crippen LogP contribution >= 0.6 is 23.2 Å². The van der Waals surface area contributed by atoms with E-state index in [1.165, 1.54) is 27.4 Å². The Kier molecular flexibility index (Phi) is 7.40. The summed E-state index contributed by atoms with van der Waals surface area (Å²) in [5.41, 5.74) is 0.899. The smallest absolute Gasteiger partial charge is 0.345 e. The Morgan fingerprint density at radius 1 is 1.03 bits per heavy atom. The lowest BCUT2D eigenvalue weighted by atomic mass is 10.1. The van der Waals surface area contributed by atoms with Gasteiger partial charge < -0.3 is 18.7 Å². The van der Waals surface area contributed by atoms with Crippen molar-refractivity contribution in [3.8, 4) is 22.8 Å². The Morgan fingerprint density at radius 3 is 2.34 bits per heavy atom. The predicted octanol–water partition coefficient (Wildman–Crippen LogP) is 5.10. The van der Waals surface area contributed by atoms with Gasteiger partial charge in [0, 0.05) is 11.6 Å². The van der Waals surface area contributed by atoms with Crippen molar-refractivity contribution in [1.82, 2.24) is 5.16 Å². The molecule has 0 radical (unpaired) electrons. The summed E-state index contributed by atoms with van der Waals surface area (Å²) in [6.07, 6.45) is 2.81. The second-order valence-electron chi connectivity index (χ2n) is 6.26. The van der Waals surface area contributed by atoms with Gasteiger partial charge in [0.25, 0.3) is 5.91 Å². The highest BCUT2D eigenvalue weighted by molar-refractivity contribution is 6.39. The average molecular weight is 477 g/mol. The first-order valence-corrected chi connectivity index (χ1v) is 9.88. The lowest BCUT2D eigenvalue weighted by Crippen LogP contribution is -2.12. The summed E-state index contributed by atoms with van der Waals surface area (Å²) < 4.78 is 20.4. The number of methoxy groups -OCH3 is 3. The summed E-state index contributed by atoms with van der Waals surface area (Å²) in [5.74, 6) is -0.483. The summed E-state index contributed by atoms with van der Waals surface area (Å²) in [5, 5.41) is 6.86. The minimum absolute atomic E-state index is 0.0478. The maximum Gasteiger partial charge on any atom is 0.345 e. The molecule has 0 saturated heterocycles. The lowest BCUT2D eigenvalue weighted by Gasteiger charge is -2.07. The van der Waals surface area contributed by atoms with Gasteiger partial charge in [0.15, 0.2) is 17.1 Å². The minimum atomic E-state index is -0.781. The van der Waals surface area contributed by atoms with E-state index in [0.29, 0.717) is 17.1 Å². The van der Waals surface area contributed by atoms with Gasteiger partial charge >= 0.3 is 5.97 Å². The van der Waals surface area contributed by atoms with Crippen molar-refractivity contribution >= 4 is 47.0 Å². The third-order valence-electron chi connectivity index (χ3n) is 4.35. The Labute approximate surface area is 193 Å². The zero-order valence-electron chi connectivity index (χ0n) is 17.3. The molecule has 3 aromatic rings. The van der Waals surface area contributed by atoms with E-state index in [1.807, 2.05) is 0 Å². The number of amides is 1. The molecule has 1 amide bonds. The molecule has 3 rings (SSSR count). The zero-order valence-corrected chi connectivity index (χ0v) is 18.8. The van der Waals surface area contributed by atoms with E-state index in [-0.39, 0.29) is 32.8 Å². The van der Waals surface area contributed by atoms with E-state index in [4.69, 9.17) is 41.9 Å². The van der Waals surface area contributed by atoms with Crippen molar-refractivity contribution in [2.45, 2.75) is 0 Å². The third kappa shape index (κ3) is 4.87. The fraction of sp³-hybridized carbons (Fsp3) is 0.136. The number of esters is 1. The van der Waals surface area contributed by atoms with Gasteiger partial charge in [0.05, 0.1) is 31.4 Å². The van der Waals surface area contributed by atoms with Crippen molar-refractivity contribution in [3.63, 3.8) is 0 Å². The van der Waals surface area contributed by atoms with Crippen molar-refractivity contribution in [3.05, 3.63) is 63.6 Å². The molecular formula is C22H18Cl2N2O6. The lowest BCUT2D eigenvalue weighted by molar-refractivity contribution is -0.112. The molecule has 166 valence electrons. The molecule has 1 aromatic heterocycles. The van der Waals surface area contributed by atoms with Crippen LogP contribution in [0, 0.1) is 0 Å². The monoisotopic (exact) mass is 476 g/mol. The molecule has 10 heteroatoms. The van der Waals surface area contributed by atoms with Gasteiger partial charge in [-0.15, -0.1) is 0 Å². The number of ether oxygens (including phenoxy) is 3. The molecule has 0 bridgehead atoms. The van der Waals surface area contributed by atoms with Crippen LogP contribution in [0.5, 0.6) is 11.5 Å². The maximum atomic E-state index is 12.5. The van der Waals surface area contributed by atoms with Crippen LogP contribution in [-0.4, -0.2) is 38.4 Å². The number of halogens is 2. The second-order valence-corrected chi connectivity index (χ2v) is 7.07. The van der Waals surface area contributed by atoms with Crippen LogP contribution in [-0.2, 0) is 9.53 Å². The van der Waals surface area contributed by atoms with E-state index in [0.717, 1.165) is 0 Å². The number of rotatable bonds is 7. The molecule has 0 aliphatic rings. The first kappa shape index (κ1) is 23.2. The molecule has 0 aliphatic heterocycles. The number of benzene rings is 2. The predicted molar refractivity (Wildman–Crippen MR) is 121 cm³/mol. The molecule has 0 fully saturated rings. The van der Waals surface area contributed by atoms with Gasteiger partial charge in [-0.05, 0) is 35.9 Å². The minimum Gasteiger partial charge on any atom is -0.493 e. The van der Waals surface area contributed by atoms with Gasteiger partial charge in [0.1, 0.15) is 5.69 Å². The molecular weight excluding hydrogens is 459 g/mol. The molecule has 1 N–H and O–H groups in total. The number of aromatic nitrogens is 1. The first-order chi connectivity index (χ1) is 15.4. The van der Waals surface area contributed by atoms with Gasteiger partial charge in [-0.25, -0.2) is 4.79 Å². The molecule has 32 heavy (non-hydrogen) atoms. The van der Waals surface area contributed by atoms with Gasteiger partial charge in [-0.2, -0.15) is 0 Å². The third-order valence-corrected chi connectivity index (χ3v) is 4.98. The fourth-order valence-corrected chi connectivity index (χ4v) is 3.42. The highest BCUT2D eigenvalue weighted by atomic mass is 35.5. The highest BCUT2D eigenvalue weighted by Gasteiger charge is 2.28. The summed E-state index contributed by atoms with van der Waals surface area (Å²) >= 11 is 12.5. The first-order valence-electron chi connectivity index (χ1n) is 9.13. The Balaban J connectivity index is 1.89. The van der Waals surface area contributed by atoms with Gasteiger partial charge in [-0.3, -0.25) is 10.1 Å². The quantitative estimate of drug-likeness (QED) is 0.373. The number of nitrogens with zero attached hydrogens (tertiary/aromatic N) is 1. The number of carbonyl (C=O) groups excluding carboxylic acids is 2. The van der Waals surface area contributed by atoms with Crippen molar-refractivity contribution in [2.75, 3.05) is 26.6 Å². The molecule has 1 heterocycles. The zero-order chi connectivity index (χ0) is 23.3. The van der Waals surface area contributed by atoms with Crippen LogP contribution in [0.4, 0.5) is 5.88 Å². The number of carbonyl (C=O) groups is 2. The van der Waals surface area contributed by atoms with Crippen LogP contribution in [0.3, 0.4) is 0 Å². The Bertz CT molecular complexity index is 1170. The normalized spacial score (nSPS) is 10.8. The van der Waals surface area contributed by atoms with E-state index < -0.39 is 11.9 Å². The maximum absolute atomic E-state index is 12.5. The average Bonchev–Trinajstić information content (AvgIpc) is 3.19. The largest absolute Gasteiger partial charge is 0.493 e. The van der Waals surface area contributed by atoms with E-state index in [1.54, 1.807) is 42.5 Å². The molecule has 8 nitrogen and oxygen atoms in total. The molecule has 0 spiro atoms. The van der Waals surface area contributed by atoms with Crippen molar-refractivity contribution in [2.24, 2.45) is 0 Å². The van der Waals surface area contributed by atoms with Crippen LogP contribution in [0.25, 0.3) is 17.3 Å². The summed E-state index contributed by atoms with van der Waals surface area (Å²) in [6.45, 7) is 0. The van der Waals surface area contributed by atoms with Crippen LogP contribution in [0.15, 0.2) is 47.0 Å². The topological polar surface area (TPSA) is 99.9 Å². The van der Waals surface area contributed by atoms with Gasteiger partial charge in [0.2, 0.25) is 5.88 Å². The van der Waals surface area contributed by atoms with Crippen LogP contribution in [0.2, 0.25) is 10.0 Å². The van der Waals surface area contributed by atoms with Crippen LogP contribution in [0.1, 0.15) is 15.9 Å². The molecule has 0 aliphatic carbocycles. The standard InChI is InChI=1S/C22H18Cl2N2O6/c1-29-15-9-7-12(11-16(15)30-2)8-10-17(27)25-21-19(22(28)31-3)20(26-32-21)18-13(23)5-4-6-14(18)24/h4-11H,1-3H3,(H,25,27)/b10-8+.